The summed E-state index contributed by atoms with van der Waals surface area (Å²) in [6.07, 6.45) is 3.23. The fourth-order valence-corrected chi connectivity index (χ4v) is 4.13. The van der Waals surface area contributed by atoms with Gasteiger partial charge >= 0.3 is 0 Å². The van der Waals surface area contributed by atoms with Crippen molar-refractivity contribution in [3.05, 3.63) is 18.3 Å². The van der Waals surface area contributed by atoms with Crippen molar-refractivity contribution in [2.75, 3.05) is 39.2 Å². The summed E-state index contributed by atoms with van der Waals surface area (Å²) in [6, 6.07) is 2.96. The van der Waals surface area contributed by atoms with Gasteiger partial charge in [-0.25, -0.2) is 19.2 Å². The highest BCUT2D eigenvalue weighted by Gasteiger charge is 2.29. The third kappa shape index (κ3) is 3.91. The second kappa shape index (κ2) is 6.69. The smallest absolute Gasteiger partial charge is 0.243 e. The number of rotatable bonds is 5. The maximum absolute atomic E-state index is 12.6. The fraction of sp³-hybridized carbons (Fsp3) is 0.615. The van der Waals surface area contributed by atoms with Crippen LogP contribution >= 0.6 is 0 Å². The zero-order chi connectivity index (χ0) is 15.5. The van der Waals surface area contributed by atoms with Crippen molar-refractivity contribution in [3.63, 3.8) is 0 Å². The number of hydrogen-bond donors (Lipinski definition) is 2. The van der Waals surface area contributed by atoms with Gasteiger partial charge in [-0.15, -0.1) is 0 Å². The van der Waals surface area contributed by atoms with Gasteiger partial charge < -0.3 is 10.3 Å². The molecule has 0 radical (unpaired) electrons. The van der Waals surface area contributed by atoms with Crippen molar-refractivity contribution in [1.82, 2.24) is 14.2 Å². The zero-order valence-corrected chi connectivity index (χ0v) is 13.3. The van der Waals surface area contributed by atoms with Crippen molar-refractivity contribution >= 4 is 15.8 Å². The Hall–Kier alpha value is -1.22. The number of piperidine rings is 1. The van der Waals surface area contributed by atoms with E-state index in [4.69, 9.17) is 5.84 Å². The van der Waals surface area contributed by atoms with Gasteiger partial charge in [0.25, 0.3) is 0 Å². The molecule has 1 aliphatic heterocycles. The van der Waals surface area contributed by atoms with E-state index in [9.17, 15) is 8.42 Å². The lowest BCUT2D eigenvalue weighted by Gasteiger charge is -2.32. The second-order valence-electron chi connectivity index (χ2n) is 5.63. The number of pyridine rings is 1. The van der Waals surface area contributed by atoms with Crippen LogP contribution in [0.1, 0.15) is 12.8 Å². The summed E-state index contributed by atoms with van der Waals surface area (Å²) in [6.45, 7) is 2.13. The normalized spacial score (nSPS) is 18.1. The summed E-state index contributed by atoms with van der Waals surface area (Å²) in [4.78, 5) is 6.32. The summed E-state index contributed by atoms with van der Waals surface area (Å²) < 4.78 is 26.8. The maximum atomic E-state index is 12.6. The zero-order valence-electron chi connectivity index (χ0n) is 12.5. The number of hydrogen-bond acceptors (Lipinski definition) is 6. The Morgan fingerprint density at radius 1 is 1.43 bits per heavy atom. The SMILES string of the molecule is CN(C)CC1CCN(S(=O)(=O)c2ccnc(NN)c2)CC1. The monoisotopic (exact) mass is 313 g/mol. The largest absolute Gasteiger partial charge is 0.309 e. The predicted molar refractivity (Wildman–Crippen MR) is 82.1 cm³/mol. The highest BCUT2D eigenvalue weighted by Crippen LogP contribution is 2.24. The fourth-order valence-electron chi connectivity index (χ4n) is 2.65. The molecule has 0 saturated carbocycles. The molecule has 0 spiro atoms. The van der Waals surface area contributed by atoms with Gasteiger partial charge in [-0.2, -0.15) is 4.31 Å². The van der Waals surface area contributed by atoms with E-state index in [0.29, 0.717) is 24.8 Å². The van der Waals surface area contributed by atoms with E-state index in [1.807, 2.05) is 14.1 Å². The van der Waals surface area contributed by atoms with Crippen molar-refractivity contribution in [2.24, 2.45) is 11.8 Å². The standard InChI is InChI=1S/C13H23N5O2S/c1-17(2)10-11-4-7-18(8-5-11)21(19,20)12-3-6-15-13(9-12)16-14/h3,6,9,11H,4-5,7-8,10,14H2,1-2H3,(H,15,16). The molecule has 1 aromatic heterocycles. The van der Waals surface area contributed by atoms with Gasteiger partial charge in [0.05, 0.1) is 4.90 Å². The van der Waals surface area contributed by atoms with E-state index in [2.05, 4.69) is 15.3 Å². The lowest BCUT2D eigenvalue weighted by atomic mass is 9.98. The van der Waals surface area contributed by atoms with Crippen molar-refractivity contribution in [2.45, 2.75) is 17.7 Å². The molecule has 0 bridgehead atoms. The number of nitrogens with zero attached hydrogens (tertiary/aromatic N) is 3. The van der Waals surface area contributed by atoms with Crippen LogP contribution in [0, 0.1) is 5.92 Å². The highest BCUT2D eigenvalue weighted by molar-refractivity contribution is 7.89. The maximum Gasteiger partial charge on any atom is 0.243 e. The van der Waals surface area contributed by atoms with Gasteiger partial charge in [-0.05, 0) is 38.9 Å². The molecular formula is C13H23N5O2S. The summed E-state index contributed by atoms with van der Waals surface area (Å²) in [5.41, 5.74) is 2.37. The number of hydrazine groups is 1. The van der Waals surface area contributed by atoms with Crippen LogP contribution in [0.3, 0.4) is 0 Å². The van der Waals surface area contributed by atoms with E-state index in [1.54, 1.807) is 4.31 Å². The lowest BCUT2D eigenvalue weighted by molar-refractivity contribution is 0.225. The van der Waals surface area contributed by atoms with E-state index in [-0.39, 0.29) is 4.90 Å². The number of sulfonamides is 1. The van der Waals surface area contributed by atoms with E-state index < -0.39 is 10.0 Å². The number of aromatic nitrogens is 1. The first-order valence-electron chi connectivity index (χ1n) is 7.01. The third-order valence-electron chi connectivity index (χ3n) is 3.71. The Kier molecular flexibility index (Phi) is 5.15. The minimum atomic E-state index is -3.46. The predicted octanol–water partition coefficient (Wildman–Crippen LogP) is 0.330. The Bertz CT molecular complexity index is 568. The second-order valence-corrected chi connectivity index (χ2v) is 7.57. The first kappa shape index (κ1) is 16.2. The van der Waals surface area contributed by atoms with Gasteiger partial charge in [0.2, 0.25) is 10.0 Å². The van der Waals surface area contributed by atoms with Crippen LogP contribution in [0.25, 0.3) is 0 Å². The van der Waals surface area contributed by atoms with Crippen LogP contribution in [-0.2, 0) is 10.0 Å². The Morgan fingerprint density at radius 2 is 2.10 bits per heavy atom. The van der Waals surface area contributed by atoms with Crippen LogP contribution < -0.4 is 11.3 Å². The number of anilines is 1. The average molecular weight is 313 g/mol. The lowest BCUT2D eigenvalue weighted by Crippen LogP contribution is -2.40. The Morgan fingerprint density at radius 3 is 2.67 bits per heavy atom. The molecule has 2 rings (SSSR count). The summed E-state index contributed by atoms with van der Waals surface area (Å²) in [5, 5.41) is 0. The molecule has 0 unspecified atom stereocenters. The topological polar surface area (TPSA) is 91.6 Å². The summed E-state index contributed by atoms with van der Waals surface area (Å²) >= 11 is 0. The van der Waals surface area contributed by atoms with Crippen molar-refractivity contribution < 1.29 is 8.42 Å². The molecule has 1 aromatic rings. The minimum Gasteiger partial charge on any atom is -0.309 e. The van der Waals surface area contributed by atoms with Crippen LogP contribution in [0.15, 0.2) is 23.2 Å². The molecule has 1 saturated heterocycles. The molecule has 0 amide bonds. The average Bonchev–Trinajstić information content (AvgIpc) is 2.47. The first-order valence-corrected chi connectivity index (χ1v) is 8.45. The molecular weight excluding hydrogens is 290 g/mol. The molecule has 0 aliphatic carbocycles. The molecule has 3 N–H and O–H groups in total. The third-order valence-corrected chi connectivity index (χ3v) is 5.61. The van der Waals surface area contributed by atoms with Gasteiger partial charge in [0.1, 0.15) is 5.82 Å². The van der Waals surface area contributed by atoms with Crippen LogP contribution in [-0.4, -0.2) is 56.3 Å². The number of nitrogens with one attached hydrogen (secondary N) is 1. The van der Waals surface area contributed by atoms with Crippen molar-refractivity contribution in [1.29, 1.82) is 0 Å². The van der Waals surface area contributed by atoms with E-state index >= 15 is 0 Å². The summed E-state index contributed by atoms with van der Waals surface area (Å²) in [5.74, 6) is 6.19. The van der Waals surface area contributed by atoms with Gasteiger partial charge in [0, 0.05) is 31.9 Å². The van der Waals surface area contributed by atoms with Gasteiger partial charge in [-0.3, -0.25) is 0 Å². The molecule has 21 heavy (non-hydrogen) atoms. The number of nitrogen functional groups attached to an aromatic ring is 1. The number of nitrogens with two attached hydrogens (primary N) is 1. The molecule has 8 heteroatoms. The molecule has 118 valence electrons. The quantitative estimate of drug-likeness (QED) is 0.601. The van der Waals surface area contributed by atoms with Gasteiger partial charge in [-0.1, -0.05) is 0 Å². The van der Waals surface area contributed by atoms with Crippen LogP contribution in [0.2, 0.25) is 0 Å². The van der Waals surface area contributed by atoms with Gasteiger partial charge in [0.15, 0.2) is 0 Å². The molecule has 7 nitrogen and oxygen atoms in total. The Balaban J connectivity index is 2.07. The van der Waals surface area contributed by atoms with Crippen molar-refractivity contribution in [3.8, 4) is 0 Å². The molecule has 0 aromatic carbocycles. The minimum absolute atomic E-state index is 0.233. The molecule has 0 atom stereocenters. The van der Waals surface area contributed by atoms with E-state index in [1.165, 1.54) is 18.3 Å². The highest BCUT2D eigenvalue weighted by atomic mass is 32.2. The first-order chi connectivity index (χ1) is 9.93. The molecule has 1 fully saturated rings. The van der Waals surface area contributed by atoms with Crippen LogP contribution in [0.5, 0.6) is 0 Å². The summed E-state index contributed by atoms with van der Waals surface area (Å²) in [7, 11) is 0.624. The van der Waals surface area contributed by atoms with Crippen LogP contribution in [0.4, 0.5) is 5.82 Å². The Labute approximate surface area is 126 Å². The molecule has 1 aliphatic rings. The van der Waals surface area contributed by atoms with E-state index in [0.717, 1.165) is 19.4 Å². The molecule has 2 heterocycles.